The molecule has 124 valence electrons. The summed E-state index contributed by atoms with van der Waals surface area (Å²) in [4.78, 5) is 12.8. The van der Waals surface area contributed by atoms with Crippen LogP contribution < -0.4 is 0 Å². The Morgan fingerprint density at radius 2 is 1.32 bits per heavy atom. The first kappa shape index (κ1) is 20.1. The van der Waals surface area contributed by atoms with Crippen LogP contribution in [0.15, 0.2) is 30.3 Å². The van der Waals surface area contributed by atoms with Crippen LogP contribution in [0.4, 0.5) is 0 Å². The third-order valence-corrected chi connectivity index (χ3v) is 25.4. The molecule has 1 aromatic carbocycles. The van der Waals surface area contributed by atoms with Gasteiger partial charge in [0.05, 0.1) is 0 Å². The van der Waals surface area contributed by atoms with Gasteiger partial charge in [-0.2, -0.15) is 0 Å². The fraction of sp³-hybridized carbons (Fsp3) is 0.632. The van der Waals surface area contributed by atoms with Gasteiger partial charge in [0.1, 0.15) is 0 Å². The first-order valence-electron chi connectivity index (χ1n) is 8.96. The minimum atomic E-state index is -2.40. The van der Waals surface area contributed by atoms with Crippen molar-refractivity contribution in [3.05, 3.63) is 35.9 Å². The molecule has 0 heterocycles. The van der Waals surface area contributed by atoms with Crippen molar-refractivity contribution >= 4 is 31.1 Å². The molecule has 0 fully saturated rings. The first-order chi connectivity index (χ1) is 10.7. The van der Waals surface area contributed by atoms with Crippen LogP contribution in [0.5, 0.6) is 0 Å². The van der Waals surface area contributed by atoms with Gasteiger partial charge in [-0.3, -0.25) is 0 Å². The molecule has 0 amide bonds. The molecule has 0 bridgehead atoms. The Hall–Kier alpha value is 0.0387. The quantitative estimate of drug-likeness (QED) is 0.357. The molecule has 22 heavy (non-hydrogen) atoms. The standard InChI is InChI=1S/C7H6OS.3C4H9.Sn/c8-7(9)6-4-2-1-3-5-6;3*1-3-4-2;/h1-5H,(H,8,9);3*1,3-4H2,2H3;/q;;;;+1/p-1. The van der Waals surface area contributed by atoms with E-state index in [1.807, 2.05) is 39.3 Å². The molecular formula is C19H32OSSn. The number of unbranched alkanes of at least 4 members (excludes halogenated alkanes) is 3. The Bertz CT molecular complexity index is 397. The van der Waals surface area contributed by atoms with Crippen LogP contribution in [0.1, 0.15) is 69.7 Å². The Balaban J connectivity index is 2.86. The number of rotatable bonds is 11. The van der Waals surface area contributed by atoms with Crippen molar-refractivity contribution in [3.63, 3.8) is 0 Å². The molecule has 0 aromatic heterocycles. The predicted octanol–water partition coefficient (Wildman–Crippen LogP) is 6.91. The van der Waals surface area contributed by atoms with Crippen LogP contribution in [0.25, 0.3) is 0 Å². The Morgan fingerprint density at radius 1 is 0.864 bits per heavy atom. The van der Waals surface area contributed by atoms with Crippen molar-refractivity contribution < 1.29 is 4.79 Å². The van der Waals surface area contributed by atoms with E-state index in [2.05, 4.69) is 20.8 Å². The number of hydrogen-bond donors (Lipinski definition) is 0. The molecule has 0 aliphatic carbocycles. The minimum absolute atomic E-state index is 0.347. The van der Waals surface area contributed by atoms with E-state index in [4.69, 9.17) is 0 Å². The first-order valence-corrected chi connectivity index (χ1v) is 19.3. The molecule has 0 spiro atoms. The van der Waals surface area contributed by atoms with E-state index in [0.29, 0.717) is 5.12 Å². The van der Waals surface area contributed by atoms with Crippen molar-refractivity contribution in [2.24, 2.45) is 0 Å². The molecule has 0 aliphatic rings. The second-order valence-electron chi connectivity index (χ2n) is 6.25. The SMILES string of the molecule is CCC[CH2][Sn]([CH2]CCC)([CH2]CCC)[S]C(=O)c1ccccc1. The van der Waals surface area contributed by atoms with Crippen LogP contribution in [0.2, 0.25) is 13.3 Å². The van der Waals surface area contributed by atoms with Crippen LogP contribution in [0.3, 0.4) is 0 Å². The third-order valence-electron chi connectivity index (χ3n) is 4.28. The number of carbonyl (C=O) groups is 1. The number of carbonyl (C=O) groups excluding carboxylic acids is 1. The normalized spacial score (nSPS) is 11.6. The van der Waals surface area contributed by atoms with Crippen molar-refractivity contribution in [2.45, 2.75) is 72.6 Å². The summed E-state index contributed by atoms with van der Waals surface area (Å²) in [5, 5.41) is 0.347. The zero-order chi connectivity index (χ0) is 16.3. The molecule has 0 aliphatic heterocycles. The third kappa shape index (κ3) is 7.08. The Labute approximate surface area is 144 Å². The van der Waals surface area contributed by atoms with Gasteiger partial charge in [0.2, 0.25) is 0 Å². The average Bonchev–Trinajstić information content (AvgIpc) is 2.56. The number of hydrogen-bond acceptors (Lipinski definition) is 2. The Kier molecular flexibility index (Phi) is 10.5. The summed E-state index contributed by atoms with van der Waals surface area (Å²) in [6.45, 7) is 6.83. The molecule has 0 atom stereocenters. The van der Waals surface area contributed by atoms with E-state index in [1.165, 1.54) is 51.8 Å². The van der Waals surface area contributed by atoms with Crippen LogP contribution in [-0.2, 0) is 0 Å². The van der Waals surface area contributed by atoms with Crippen LogP contribution >= 0.6 is 8.95 Å². The summed E-state index contributed by atoms with van der Waals surface area (Å²) in [7, 11) is 1.84. The van der Waals surface area contributed by atoms with Crippen molar-refractivity contribution in [3.8, 4) is 0 Å². The van der Waals surface area contributed by atoms with Gasteiger partial charge in [-0.05, 0) is 0 Å². The monoisotopic (exact) mass is 428 g/mol. The fourth-order valence-corrected chi connectivity index (χ4v) is 24.4. The predicted molar refractivity (Wildman–Crippen MR) is 103 cm³/mol. The summed E-state index contributed by atoms with van der Waals surface area (Å²) in [6, 6.07) is 9.91. The molecule has 0 saturated heterocycles. The summed E-state index contributed by atoms with van der Waals surface area (Å²) in [6.07, 6.45) is 7.74. The van der Waals surface area contributed by atoms with Gasteiger partial charge < -0.3 is 0 Å². The molecule has 0 N–H and O–H groups in total. The van der Waals surface area contributed by atoms with E-state index in [1.54, 1.807) is 0 Å². The molecule has 1 aromatic rings. The van der Waals surface area contributed by atoms with Gasteiger partial charge in [-0.25, -0.2) is 0 Å². The molecular weight excluding hydrogens is 395 g/mol. The van der Waals surface area contributed by atoms with Gasteiger partial charge in [0.25, 0.3) is 0 Å². The second-order valence-corrected chi connectivity index (χ2v) is 25.4. The molecule has 3 heteroatoms. The van der Waals surface area contributed by atoms with E-state index in [-0.39, 0.29) is 0 Å². The molecule has 0 unspecified atom stereocenters. The second kappa shape index (κ2) is 11.6. The van der Waals surface area contributed by atoms with Gasteiger partial charge in [0, 0.05) is 0 Å². The zero-order valence-electron chi connectivity index (χ0n) is 14.6. The maximum atomic E-state index is 12.8. The van der Waals surface area contributed by atoms with Crippen LogP contribution in [0, 0.1) is 0 Å². The Morgan fingerprint density at radius 3 is 1.73 bits per heavy atom. The van der Waals surface area contributed by atoms with Crippen molar-refractivity contribution in [1.29, 1.82) is 0 Å². The van der Waals surface area contributed by atoms with Gasteiger partial charge >= 0.3 is 144 Å². The van der Waals surface area contributed by atoms with E-state index in [0.717, 1.165) is 5.56 Å². The molecule has 0 saturated carbocycles. The van der Waals surface area contributed by atoms with Gasteiger partial charge in [-0.1, -0.05) is 0 Å². The summed E-state index contributed by atoms with van der Waals surface area (Å²) >= 11 is -2.40. The van der Waals surface area contributed by atoms with Crippen molar-refractivity contribution in [2.75, 3.05) is 0 Å². The summed E-state index contributed by atoms with van der Waals surface area (Å²) in [5.41, 5.74) is 0.901. The van der Waals surface area contributed by atoms with Gasteiger partial charge in [0.15, 0.2) is 0 Å². The maximum absolute atomic E-state index is 12.8. The van der Waals surface area contributed by atoms with E-state index >= 15 is 0 Å². The van der Waals surface area contributed by atoms with E-state index < -0.39 is 17.0 Å². The van der Waals surface area contributed by atoms with Crippen molar-refractivity contribution in [1.82, 2.24) is 0 Å². The topological polar surface area (TPSA) is 17.1 Å². The summed E-state index contributed by atoms with van der Waals surface area (Å²) in [5.74, 6) is 0. The van der Waals surface area contributed by atoms with E-state index in [9.17, 15) is 4.79 Å². The number of benzene rings is 1. The molecule has 0 radical (unpaired) electrons. The fourth-order valence-electron chi connectivity index (χ4n) is 2.85. The van der Waals surface area contributed by atoms with Gasteiger partial charge in [-0.15, -0.1) is 0 Å². The summed E-state index contributed by atoms with van der Waals surface area (Å²) < 4.78 is 4.15. The average molecular weight is 427 g/mol. The van der Waals surface area contributed by atoms with Crippen LogP contribution in [-0.4, -0.2) is 22.1 Å². The zero-order valence-corrected chi connectivity index (χ0v) is 18.2. The molecule has 1 nitrogen and oxygen atoms in total. The molecule has 1 rings (SSSR count).